The Morgan fingerprint density at radius 2 is 2.35 bits per heavy atom. The van der Waals surface area contributed by atoms with Gasteiger partial charge in [0.15, 0.2) is 0 Å². The van der Waals surface area contributed by atoms with Gasteiger partial charge in [-0.1, -0.05) is 18.2 Å². The summed E-state index contributed by atoms with van der Waals surface area (Å²) in [5, 5.41) is 7.20. The lowest BCUT2D eigenvalue weighted by Gasteiger charge is -2.26. The van der Waals surface area contributed by atoms with Crippen LogP contribution >= 0.6 is 11.8 Å². The summed E-state index contributed by atoms with van der Waals surface area (Å²) >= 11 is 2.00. The third-order valence-electron chi connectivity index (χ3n) is 3.94. The monoisotopic (exact) mass is 248 g/mol. The maximum absolute atomic E-state index is 3.76. The zero-order chi connectivity index (χ0) is 11.7. The maximum atomic E-state index is 3.76. The number of thioether (sulfide) groups is 1. The van der Waals surface area contributed by atoms with Crippen LogP contribution in [0, 0.1) is 0 Å². The summed E-state index contributed by atoms with van der Waals surface area (Å²) < 4.78 is 0. The van der Waals surface area contributed by atoms with Crippen LogP contribution in [0.2, 0.25) is 0 Å². The molecule has 2 unspecified atom stereocenters. The number of fused-ring (bicyclic) bond motifs is 1. The van der Waals surface area contributed by atoms with Crippen molar-refractivity contribution < 1.29 is 0 Å². The SMILES string of the molecule is CC1(NCC2CSc3ccccc32)CCNC1. The number of rotatable bonds is 3. The van der Waals surface area contributed by atoms with E-state index < -0.39 is 0 Å². The summed E-state index contributed by atoms with van der Waals surface area (Å²) in [5.41, 5.74) is 1.85. The fourth-order valence-corrected chi connectivity index (χ4v) is 3.99. The second-order valence-electron chi connectivity index (χ2n) is 5.41. The van der Waals surface area contributed by atoms with Gasteiger partial charge in [0.2, 0.25) is 0 Å². The maximum Gasteiger partial charge on any atom is 0.0290 e. The van der Waals surface area contributed by atoms with E-state index in [9.17, 15) is 0 Å². The van der Waals surface area contributed by atoms with Crippen LogP contribution in [-0.4, -0.2) is 30.9 Å². The minimum absolute atomic E-state index is 0.308. The van der Waals surface area contributed by atoms with Crippen LogP contribution < -0.4 is 10.6 Å². The van der Waals surface area contributed by atoms with Gasteiger partial charge in [0, 0.05) is 35.2 Å². The first-order chi connectivity index (χ1) is 8.27. The minimum atomic E-state index is 0.308. The topological polar surface area (TPSA) is 24.1 Å². The second kappa shape index (κ2) is 4.63. The molecule has 0 aromatic heterocycles. The van der Waals surface area contributed by atoms with Crippen LogP contribution in [0.15, 0.2) is 29.2 Å². The van der Waals surface area contributed by atoms with E-state index in [2.05, 4.69) is 41.8 Å². The fraction of sp³-hybridized carbons (Fsp3) is 0.571. The lowest BCUT2D eigenvalue weighted by atomic mass is 9.97. The predicted molar refractivity (Wildman–Crippen MR) is 73.8 cm³/mol. The van der Waals surface area contributed by atoms with E-state index in [0.717, 1.165) is 19.6 Å². The van der Waals surface area contributed by atoms with Crippen molar-refractivity contribution in [3.63, 3.8) is 0 Å². The van der Waals surface area contributed by atoms with Gasteiger partial charge in [-0.05, 0) is 31.5 Å². The molecule has 92 valence electrons. The van der Waals surface area contributed by atoms with Crippen LogP contribution in [0.25, 0.3) is 0 Å². The summed E-state index contributed by atoms with van der Waals surface area (Å²) in [5.74, 6) is 1.92. The van der Waals surface area contributed by atoms with E-state index >= 15 is 0 Å². The molecule has 2 N–H and O–H groups in total. The van der Waals surface area contributed by atoms with Crippen molar-refractivity contribution in [2.75, 3.05) is 25.4 Å². The quantitative estimate of drug-likeness (QED) is 0.857. The molecule has 3 heteroatoms. The summed E-state index contributed by atoms with van der Waals surface area (Å²) in [6.07, 6.45) is 1.24. The van der Waals surface area contributed by atoms with Gasteiger partial charge in [-0.15, -0.1) is 11.8 Å². The summed E-state index contributed by atoms with van der Waals surface area (Å²) in [6, 6.07) is 8.84. The molecule has 2 heterocycles. The van der Waals surface area contributed by atoms with Crippen LogP contribution in [0.4, 0.5) is 0 Å². The van der Waals surface area contributed by atoms with Gasteiger partial charge < -0.3 is 10.6 Å². The molecule has 3 rings (SSSR count). The van der Waals surface area contributed by atoms with Crippen molar-refractivity contribution in [3.8, 4) is 0 Å². The minimum Gasteiger partial charge on any atom is -0.315 e. The molecule has 1 aromatic rings. The smallest absolute Gasteiger partial charge is 0.0290 e. The molecule has 2 aliphatic rings. The first kappa shape index (κ1) is 11.6. The molecule has 1 aromatic carbocycles. The lowest BCUT2D eigenvalue weighted by Crippen LogP contribution is -2.45. The number of hydrogen-bond acceptors (Lipinski definition) is 3. The Morgan fingerprint density at radius 3 is 3.18 bits per heavy atom. The van der Waals surface area contributed by atoms with E-state index in [-0.39, 0.29) is 0 Å². The standard InChI is InChI=1S/C14H20N2S/c1-14(6-7-15-10-14)16-8-11-9-17-13-5-3-2-4-12(11)13/h2-5,11,15-16H,6-10H2,1H3. The molecule has 2 aliphatic heterocycles. The zero-order valence-corrected chi connectivity index (χ0v) is 11.1. The van der Waals surface area contributed by atoms with Crippen molar-refractivity contribution in [2.45, 2.75) is 29.7 Å². The van der Waals surface area contributed by atoms with Crippen molar-refractivity contribution in [2.24, 2.45) is 0 Å². The molecule has 1 fully saturated rings. The normalized spacial score (nSPS) is 31.7. The van der Waals surface area contributed by atoms with Gasteiger partial charge in [0.05, 0.1) is 0 Å². The number of hydrogen-bond donors (Lipinski definition) is 2. The fourth-order valence-electron chi connectivity index (χ4n) is 2.74. The van der Waals surface area contributed by atoms with Crippen LogP contribution in [0.3, 0.4) is 0 Å². The highest BCUT2D eigenvalue weighted by Crippen LogP contribution is 2.39. The molecule has 0 amide bonds. The summed E-state index contributed by atoms with van der Waals surface area (Å²) in [4.78, 5) is 1.48. The van der Waals surface area contributed by atoms with Crippen molar-refractivity contribution in [1.29, 1.82) is 0 Å². The highest BCUT2D eigenvalue weighted by Gasteiger charge is 2.30. The molecule has 2 nitrogen and oxygen atoms in total. The van der Waals surface area contributed by atoms with Gasteiger partial charge in [0.1, 0.15) is 0 Å². The molecule has 2 atom stereocenters. The Labute approximate surface area is 108 Å². The van der Waals surface area contributed by atoms with Crippen LogP contribution in [0.5, 0.6) is 0 Å². The average Bonchev–Trinajstić information content (AvgIpc) is 2.94. The zero-order valence-electron chi connectivity index (χ0n) is 10.3. The molecule has 0 bridgehead atoms. The summed E-state index contributed by atoms with van der Waals surface area (Å²) in [7, 11) is 0. The van der Waals surface area contributed by atoms with Gasteiger partial charge >= 0.3 is 0 Å². The third kappa shape index (κ3) is 2.37. The average molecular weight is 248 g/mol. The number of nitrogens with one attached hydrogen (secondary N) is 2. The Bertz CT molecular complexity index is 399. The van der Waals surface area contributed by atoms with E-state index in [1.54, 1.807) is 5.56 Å². The van der Waals surface area contributed by atoms with Crippen LogP contribution in [-0.2, 0) is 0 Å². The number of benzene rings is 1. The molecule has 1 saturated heterocycles. The predicted octanol–water partition coefficient (Wildman–Crippen LogP) is 2.22. The highest BCUT2D eigenvalue weighted by atomic mass is 32.2. The Morgan fingerprint density at radius 1 is 1.47 bits per heavy atom. The Hall–Kier alpha value is -0.510. The van der Waals surface area contributed by atoms with E-state index in [1.807, 2.05) is 11.8 Å². The molecular weight excluding hydrogens is 228 g/mol. The first-order valence-corrected chi connectivity index (χ1v) is 7.43. The van der Waals surface area contributed by atoms with Gasteiger partial charge in [-0.2, -0.15) is 0 Å². The van der Waals surface area contributed by atoms with Crippen molar-refractivity contribution in [1.82, 2.24) is 10.6 Å². The lowest BCUT2D eigenvalue weighted by molar-refractivity contribution is 0.379. The highest BCUT2D eigenvalue weighted by molar-refractivity contribution is 7.99. The second-order valence-corrected chi connectivity index (χ2v) is 6.48. The molecule has 0 radical (unpaired) electrons. The Kier molecular flexibility index (Phi) is 3.16. The first-order valence-electron chi connectivity index (χ1n) is 6.44. The Balaban J connectivity index is 1.64. The van der Waals surface area contributed by atoms with Gasteiger partial charge in [-0.25, -0.2) is 0 Å². The van der Waals surface area contributed by atoms with Gasteiger partial charge in [-0.3, -0.25) is 0 Å². The van der Waals surface area contributed by atoms with Crippen LogP contribution in [0.1, 0.15) is 24.8 Å². The molecule has 0 saturated carbocycles. The molecule has 0 spiro atoms. The van der Waals surface area contributed by atoms with E-state index in [0.29, 0.717) is 11.5 Å². The largest absolute Gasteiger partial charge is 0.315 e. The molecule has 0 aliphatic carbocycles. The van der Waals surface area contributed by atoms with E-state index in [4.69, 9.17) is 0 Å². The molecule has 17 heavy (non-hydrogen) atoms. The van der Waals surface area contributed by atoms with Gasteiger partial charge in [0.25, 0.3) is 0 Å². The van der Waals surface area contributed by atoms with E-state index in [1.165, 1.54) is 17.1 Å². The third-order valence-corrected chi connectivity index (χ3v) is 5.19. The van der Waals surface area contributed by atoms with Crippen molar-refractivity contribution in [3.05, 3.63) is 29.8 Å². The summed E-state index contributed by atoms with van der Waals surface area (Å²) in [6.45, 7) is 5.71. The van der Waals surface area contributed by atoms with Crippen molar-refractivity contribution >= 4 is 11.8 Å². The molecular formula is C14H20N2S.